The second-order valence-corrected chi connectivity index (χ2v) is 4.30. The van der Waals surface area contributed by atoms with Gasteiger partial charge in [-0.3, -0.25) is 9.88 Å². The average molecular weight is 217 g/mol. The molecule has 0 N–H and O–H groups in total. The number of rotatable bonds is 3. The van der Waals surface area contributed by atoms with Gasteiger partial charge in [0.05, 0.1) is 11.9 Å². The van der Waals surface area contributed by atoms with Gasteiger partial charge in [-0.2, -0.15) is 0 Å². The third-order valence-corrected chi connectivity index (χ3v) is 2.99. The zero-order valence-corrected chi connectivity index (χ0v) is 9.89. The van der Waals surface area contributed by atoms with Gasteiger partial charge in [-0.1, -0.05) is 6.08 Å². The van der Waals surface area contributed by atoms with Crippen molar-refractivity contribution in [1.82, 2.24) is 9.88 Å². The summed E-state index contributed by atoms with van der Waals surface area (Å²) in [6.07, 6.45) is 5.83. The van der Waals surface area contributed by atoms with E-state index in [4.69, 9.17) is 0 Å². The van der Waals surface area contributed by atoms with Gasteiger partial charge in [0.15, 0.2) is 0 Å². The minimum Gasteiger partial charge on any atom is -0.368 e. The van der Waals surface area contributed by atoms with E-state index < -0.39 is 0 Å². The van der Waals surface area contributed by atoms with Crippen LogP contribution >= 0.6 is 0 Å². The van der Waals surface area contributed by atoms with Gasteiger partial charge in [0.2, 0.25) is 0 Å². The van der Waals surface area contributed by atoms with Crippen molar-refractivity contribution in [2.24, 2.45) is 0 Å². The van der Waals surface area contributed by atoms with Gasteiger partial charge in [0, 0.05) is 38.9 Å². The van der Waals surface area contributed by atoms with Crippen molar-refractivity contribution in [3.63, 3.8) is 0 Å². The standard InChI is InChI=1S/C13H19N3/c1-3-4-15-5-7-16(8-6-15)13-9-12(2)10-14-11-13/h3,9-11H,1,4-8H2,2H3. The van der Waals surface area contributed by atoms with Crippen LogP contribution in [0.4, 0.5) is 5.69 Å². The van der Waals surface area contributed by atoms with Crippen LogP contribution in [0.1, 0.15) is 5.56 Å². The smallest absolute Gasteiger partial charge is 0.0556 e. The quantitative estimate of drug-likeness (QED) is 0.718. The van der Waals surface area contributed by atoms with Crippen LogP contribution in [0.25, 0.3) is 0 Å². The molecule has 0 spiro atoms. The van der Waals surface area contributed by atoms with Gasteiger partial charge in [0.25, 0.3) is 0 Å². The summed E-state index contributed by atoms with van der Waals surface area (Å²) < 4.78 is 0. The van der Waals surface area contributed by atoms with Crippen molar-refractivity contribution in [2.75, 3.05) is 37.6 Å². The summed E-state index contributed by atoms with van der Waals surface area (Å²) in [5, 5.41) is 0. The maximum Gasteiger partial charge on any atom is 0.0556 e. The minimum atomic E-state index is 1.000. The predicted molar refractivity (Wildman–Crippen MR) is 67.8 cm³/mol. The molecule has 1 aliphatic rings. The maximum atomic E-state index is 4.24. The lowest BCUT2D eigenvalue weighted by Crippen LogP contribution is -2.46. The Morgan fingerprint density at radius 1 is 1.31 bits per heavy atom. The molecule has 3 heteroatoms. The van der Waals surface area contributed by atoms with Crippen molar-refractivity contribution in [3.05, 3.63) is 36.7 Å². The second-order valence-electron chi connectivity index (χ2n) is 4.30. The summed E-state index contributed by atoms with van der Waals surface area (Å²) in [7, 11) is 0. The molecule has 0 unspecified atom stereocenters. The average Bonchev–Trinajstić information content (AvgIpc) is 2.30. The highest BCUT2D eigenvalue weighted by Crippen LogP contribution is 2.16. The summed E-state index contributed by atoms with van der Waals surface area (Å²) >= 11 is 0. The molecule has 0 saturated carbocycles. The Hall–Kier alpha value is -1.35. The van der Waals surface area contributed by atoms with Crippen LogP contribution in [-0.4, -0.2) is 42.6 Å². The van der Waals surface area contributed by atoms with Crippen molar-refractivity contribution in [3.8, 4) is 0 Å². The third kappa shape index (κ3) is 2.61. The van der Waals surface area contributed by atoms with Gasteiger partial charge in [-0.15, -0.1) is 6.58 Å². The highest BCUT2D eigenvalue weighted by molar-refractivity contribution is 5.46. The molecule has 1 fully saturated rings. The first-order valence-electron chi connectivity index (χ1n) is 5.79. The Kier molecular flexibility index (Phi) is 3.57. The number of anilines is 1. The molecule has 16 heavy (non-hydrogen) atoms. The highest BCUT2D eigenvalue weighted by Gasteiger charge is 2.16. The molecule has 1 aromatic heterocycles. The molecule has 0 radical (unpaired) electrons. The maximum absolute atomic E-state index is 4.24. The van der Waals surface area contributed by atoms with E-state index in [-0.39, 0.29) is 0 Å². The van der Waals surface area contributed by atoms with E-state index in [1.54, 1.807) is 0 Å². The number of piperazine rings is 1. The summed E-state index contributed by atoms with van der Waals surface area (Å²) in [6.45, 7) is 11.3. The van der Waals surface area contributed by atoms with Gasteiger partial charge in [-0.05, 0) is 18.6 Å². The molecule has 3 nitrogen and oxygen atoms in total. The van der Waals surface area contributed by atoms with Crippen LogP contribution < -0.4 is 4.90 Å². The zero-order valence-electron chi connectivity index (χ0n) is 9.89. The first-order chi connectivity index (χ1) is 7.79. The molecular weight excluding hydrogens is 198 g/mol. The van der Waals surface area contributed by atoms with Crippen LogP contribution in [0.3, 0.4) is 0 Å². The second kappa shape index (κ2) is 5.12. The fourth-order valence-corrected chi connectivity index (χ4v) is 2.08. The zero-order chi connectivity index (χ0) is 11.4. The molecule has 1 aliphatic heterocycles. The lowest BCUT2D eigenvalue weighted by Gasteiger charge is -2.35. The van der Waals surface area contributed by atoms with Gasteiger partial charge in [0.1, 0.15) is 0 Å². The number of aryl methyl sites for hydroxylation is 1. The molecule has 2 rings (SSSR count). The van der Waals surface area contributed by atoms with E-state index >= 15 is 0 Å². The van der Waals surface area contributed by atoms with Crippen molar-refractivity contribution >= 4 is 5.69 Å². The Morgan fingerprint density at radius 2 is 2.06 bits per heavy atom. The van der Waals surface area contributed by atoms with Crippen molar-refractivity contribution < 1.29 is 0 Å². The number of aromatic nitrogens is 1. The molecule has 1 saturated heterocycles. The summed E-state index contributed by atoms with van der Waals surface area (Å²) in [5.74, 6) is 0. The predicted octanol–water partition coefficient (Wildman–Crippen LogP) is 1.70. The van der Waals surface area contributed by atoms with Crippen LogP contribution in [-0.2, 0) is 0 Å². The highest BCUT2D eigenvalue weighted by atomic mass is 15.3. The van der Waals surface area contributed by atoms with E-state index in [1.165, 1.54) is 11.3 Å². The largest absolute Gasteiger partial charge is 0.368 e. The molecule has 1 aromatic rings. The van der Waals surface area contributed by atoms with Crippen LogP contribution in [0.15, 0.2) is 31.1 Å². The summed E-state index contributed by atoms with van der Waals surface area (Å²) in [5.41, 5.74) is 2.48. The third-order valence-electron chi connectivity index (χ3n) is 2.99. The monoisotopic (exact) mass is 217 g/mol. The fraction of sp³-hybridized carbons (Fsp3) is 0.462. The van der Waals surface area contributed by atoms with Crippen LogP contribution in [0, 0.1) is 6.92 Å². The Bertz CT molecular complexity index is 354. The molecular formula is C13H19N3. The molecule has 0 aliphatic carbocycles. The number of hydrogen-bond acceptors (Lipinski definition) is 3. The number of hydrogen-bond donors (Lipinski definition) is 0. The topological polar surface area (TPSA) is 19.4 Å². The normalized spacial score (nSPS) is 17.4. The first-order valence-corrected chi connectivity index (χ1v) is 5.79. The van der Waals surface area contributed by atoms with Crippen molar-refractivity contribution in [1.29, 1.82) is 0 Å². The molecule has 0 aromatic carbocycles. The number of nitrogens with zero attached hydrogens (tertiary/aromatic N) is 3. The molecule has 0 atom stereocenters. The SMILES string of the molecule is C=CCN1CCN(c2cncc(C)c2)CC1. The van der Waals surface area contributed by atoms with E-state index in [0.29, 0.717) is 0 Å². The Labute approximate surface area is 97.4 Å². The minimum absolute atomic E-state index is 1.000. The van der Waals surface area contributed by atoms with E-state index in [1.807, 2.05) is 18.5 Å². The van der Waals surface area contributed by atoms with E-state index in [9.17, 15) is 0 Å². The fourth-order valence-electron chi connectivity index (χ4n) is 2.08. The van der Waals surface area contributed by atoms with Crippen molar-refractivity contribution in [2.45, 2.75) is 6.92 Å². The van der Waals surface area contributed by atoms with E-state index in [2.05, 4.69) is 34.4 Å². The lowest BCUT2D eigenvalue weighted by atomic mass is 10.2. The van der Waals surface area contributed by atoms with Gasteiger partial charge in [-0.25, -0.2) is 0 Å². The molecule has 0 amide bonds. The van der Waals surface area contributed by atoms with Crippen LogP contribution in [0.2, 0.25) is 0 Å². The van der Waals surface area contributed by atoms with Gasteiger partial charge < -0.3 is 4.90 Å². The Morgan fingerprint density at radius 3 is 2.69 bits per heavy atom. The van der Waals surface area contributed by atoms with Gasteiger partial charge >= 0.3 is 0 Å². The molecule has 0 bridgehead atoms. The lowest BCUT2D eigenvalue weighted by molar-refractivity contribution is 0.284. The van der Waals surface area contributed by atoms with Crippen LogP contribution in [0.5, 0.6) is 0 Å². The molecule has 86 valence electrons. The summed E-state index contributed by atoms with van der Waals surface area (Å²) in [6, 6.07) is 2.20. The number of pyridine rings is 1. The Balaban J connectivity index is 1.96. The molecule has 2 heterocycles. The summed E-state index contributed by atoms with van der Waals surface area (Å²) in [4.78, 5) is 9.07. The first kappa shape index (κ1) is 11.1. The van der Waals surface area contributed by atoms with E-state index in [0.717, 1.165) is 32.7 Å².